The summed E-state index contributed by atoms with van der Waals surface area (Å²) in [5.41, 5.74) is 6.86. The SMILES string of the molecule is Nc1c(F)cccc1Nc1ccc(Br)cc1Cl. The number of nitrogens with one attached hydrogen (secondary N) is 1. The Balaban J connectivity index is 2.35. The molecule has 0 bridgehead atoms. The van der Waals surface area contributed by atoms with Gasteiger partial charge in [-0.15, -0.1) is 0 Å². The number of halogens is 3. The molecule has 0 spiro atoms. The number of nitrogen functional groups attached to an aromatic ring is 1. The molecule has 0 aliphatic heterocycles. The van der Waals surface area contributed by atoms with Crippen molar-refractivity contribution in [1.29, 1.82) is 0 Å². The van der Waals surface area contributed by atoms with Gasteiger partial charge in [-0.3, -0.25) is 0 Å². The molecule has 2 rings (SSSR count). The number of benzene rings is 2. The van der Waals surface area contributed by atoms with Gasteiger partial charge in [-0.05, 0) is 30.3 Å². The molecular formula is C12H9BrClFN2. The van der Waals surface area contributed by atoms with Gasteiger partial charge in [-0.25, -0.2) is 4.39 Å². The molecule has 17 heavy (non-hydrogen) atoms. The van der Waals surface area contributed by atoms with E-state index in [2.05, 4.69) is 21.2 Å². The molecule has 0 saturated carbocycles. The van der Waals surface area contributed by atoms with Crippen molar-refractivity contribution in [2.75, 3.05) is 11.1 Å². The zero-order chi connectivity index (χ0) is 12.4. The second-order valence-electron chi connectivity index (χ2n) is 3.45. The van der Waals surface area contributed by atoms with Crippen LogP contribution in [0.2, 0.25) is 5.02 Å². The van der Waals surface area contributed by atoms with E-state index in [4.69, 9.17) is 17.3 Å². The minimum absolute atomic E-state index is 0.0754. The lowest BCUT2D eigenvalue weighted by molar-refractivity contribution is 0.633. The summed E-state index contributed by atoms with van der Waals surface area (Å²) in [5.74, 6) is -0.455. The van der Waals surface area contributed by atoms with Crippen molar-refractivity contribution in [3.63, 3.8) is 0 Å². The molecule has 0 heterocycles. The zero-order valence-electron chi connectivity index (χ0n) is 8.68. The Morgan fingerprint density at radius 3 is 2.65 bits per heavy atom. The molecule has 0 aromatic heterocycles. The van der Waals surface area contributed by atoms with Gasteiger partial charge in [0.2, 0.25) is 0 Å². The van der Waals surface area contributed by atoms with E-state index >= 15 is 0 Å². The van der Waals surface area contributed by atoms with Crippen LogP contribution in [0.4, 0.5) is 21.5 Å². The van der Waals surface area contributed by atoms with Crippen molar-refractivity contribution < 1.29 is 4.39 Å². The second-order valence-corrected chi connectivity index (χ2v) is 4.77. The van der Waals surface area contributed by atoms with Crippen molar-refractivity contribution in [2.24, 2.45) is 0 Å². The fourth-order valence-electron chi connectivity index (χ4n) is 1.38. The molecule has 0 fully saturated rings. The van der Waals surface area contributed by atoms with Gasteiger partial charge in [0.15, 0.2) is 0 Å². The van der Waals surface area contributed by atoms with E-state index in [-0.39, 0.29) is 5.69 Å². The average molecular weight is 316 g/mol. The van der Waals surface area contributed by atoms with Crippen molar-refractivity contribution in [2.45, 2.75) is 0 Å². The van der Waals surface area contributed by atoms with Crippen LogP contribution in [0, 0.1) is 5.82 Å². The molecule has 0 unspecified atom stereocenters. The molecular weight excluding hydrogens is 307 g/mol. The molecule has 0 radical (unpaired) electrons. The smallest absolute Gasteiger partial charge is 0.148 e. The first-order valence-corrected chi connectivity index (χ1v) is 6.01. The Morgan fingerprint density at radius 1 is 1.18 bits per heavy atom. The van der Waals surface area contributed by atoms with Gasteiger partial charge in [-0.1, -0.05) is 33.6 Å². The summed E-state index contributed by atoms with van der Waals surface area (Å²) in [6.45, 7) is 0. The number of rotatable bonds is 2. The quantitative estimate of drug-likeness (QED) is 0.797. The predicted octanol–water partition coefficient (Wildman–Crippen LogP) is 4.57. The van der Waals surface area contributed by atoms with Crippen LogP contribution >= 0.6 is 27.5 Å². The molecule has 0 aliphatic carbocycles. The maximum Gasteiger partial charge on any atom is 0.148 e. The molecule has 2 aromatic rings. The highest BCUT2D eigenvalue weighted by molar-refractivity contribution is 9.10. The molecule has 2 aromatic carbocycles. The Bertz CT molecular complexity index is 560. The summed E-state index contributed by atoms with van der Waals surface area (Å²) < 4.78 is 14.1. The van der Waals surface area contributed by atoms with Crippen molar-refractivity contribution in [3.8, 4) is 0 Å². The van der Waals surface area contributed by atoms with Crippen molar-refractivity contribution in [3.05, 3.63) is 51.7 Å². The molecule has 5 heteroatoms. The lowest BCUT2D eigenvalue weighted by Crippen LogP contribution is -1.99. The minimum atomic E-state index is -0.455. The number of para-hydroxylation sites is 1. The lowest BCUT2D eigenvalue weighted by Gasteiger charge is -2.11. The van der Waals surface area contributed by atoms with E-state index in [1.165, 1.54) is 6.07 Å². The van der Waals surface area contributed by atoms with E-state index in [1.54, 1.807) is 24.3 Å². The average Bonchev–Trinajstić information content (AvgIpc) is 2.28. The minimum Gasteiger partial charge on any atom is -0.395 e. The summed E-state index contributed by atoms with van der Waals surface area (Å²) in [7, 11) is 0. The number of hydrogen-bond donors (Lipinski definition) is 2. The van der Waals surface area contributed by atoms with Gasteiger partial charge in [-0.2, -0.15) is 0 Å². The van der Waals surface area contributed by atoms with Gasteiger partial charge >= 0.3 is 0 Å². The van der Waals surface area contributed by atoms with Gasteiger partial charge in [0.1, 0.15) is 5.82 Å². The standard InChI is InChI=1S/C12H9BrClFN2/c13-7-4-5-10(8(14)6-7)17-11-3-1-2-9(15)12(11)16/h1-6,17H,16H2. The molecule has 2 nitrogen and oxygen atoms in total. The first-order valence-electron chi connectivity index (χ1n) is 4.84. The van der Waals surface area contributed by atoms with Crippen LogP contribution in [0.25, 0.3) is 0 Å². The predicted molar refractivity (Wildman–Crippen MR) is 73.2 cm³/mol. The normalized spacial score (nSPS) is 10.3. The van der Waals surface area contributed by atoms with E-state index in [0.717, 1.165) is 4.47 Å². The summed E-state index contributed by atoms with van der Waals surface area (Å²) in [4.78, 5) is 0. The highest BCUT2D eigenvalue weighted by atomic mass is 79.9. The Kier molecular flexibility index (Phi) is 3.54. The molecule has 0 aliphatic rings. The third-order valence-corrected chi connectivity index (χ3v) is 3.06. The third-order valence-electron chi connectivity index (χ3n) is 2.25. The van der Waals surface area contributed by atoms with E-state index in [1.807, 2.05) is 6.07 Å². The molecule has 0 amide bonds. The third kappa shape index (κ3) is 2.70. The Morgan fingerprint density at radius 2 is 1.94 bits per heavy atom. The maximum absolute atomic E-state index is 13.2. The van der Waals surface area contributed by atoms with E-state index in [9.17, 15) is 4.39 Å². The van der Waals surface area contributed by atoms with Crippen LogP contribution in [0.15, 0.2) is 40.9 Å². The van der Waals surface area contributed by atoms with E-state index in [0.29, 0.717) is 16.4 Å². The maximum atomic E-state index is 13.2. The van der Waals surface area contributed by atoms with Gasteiger partial charge < -0.3 is 11.1 Å². The van der Waals surface area contributed by atoms with Crippen LogP contribution < -0.4 is 11.1 Å². The van der Waals surface area contributed by atoms with Crippen LogP contribution in [0.1, 0.15) is 0 Å². The Labute approximate surface area is 112 Å². The highest BCUT2D eigenvalue weighted by Gasteiger charge is 2.06. The van der Waals surface area contributed by atoms with Crippen LogP contribution in [-0.2, 0) is 0 Å². The van der Waals surface area contributed by atoms with Crippen LogP contribution in [0.3, 0.4) is 0 Å². The van der Waals surface area contributed by atoms with Gasteiger partial charge in [0.25, 0.3) is 0 Å². The summed E-state index contributed by atoms with van der Waals surface area (Å²) in [5, 5.41) is 3.52. The Hall–Kier alpha value is -1.26. The van der Waals surface area contributed by atoms with Gasteiger partial charge in [0.05, 0.1) is 22.1 Å². The highest BCUT2D eigenvalue weighted by Crippen LogP contribution is 2.31. The summed E-state index contributed by atoms with van der Waals surface area (Å²) >= 11 is 9.36. The van der Waals surface area contributed by atoms with Crippen molar-refractivity contribution >= 4 is 44.6 Å². The van der Waals surface area contributed by atoms with E-state index < -0.39 is 5.82 Å². The van der Waals surface area contributed by atoms with Crippen LogP contribution in [0.5, 0.6) is 0 Å². The monoisotopic (exact) mass is 314 g/mol. The number of nitrogens with two attached hydrogens (primary N) is 1. The first-order chi connectivity index (χ1) is 8.08. The molecule has 88 valence electrons. The first kappa shape index (κ1) is 12.2. The molecule has 0 saturated heterocycles. The molecule has 3 N–H and O–H groups in total. The number of hydrogen-bond acceptors (Lipinski definition) is 2. The summed E-state index contributed by atoms with van der Waals surface area (Å²) in [6, 6.07) is 9.96. The fourth-order valence-corrected chi connectivity index (χ4v) is 2.10. The van der Waals surface area contributed by atoms with Crippen LogP contribution in [-0.4, -0.2) is 0 Å². The zero-order valence-corrected chi connectivity index (χ0v) is 11.0. The summed E-state index contributed by atoms with van der Waals surface area (Å²) in [6.07, 6.45) is 0. The molecule has 0 atom stereocenters. The number of anilines is 3. The topological polar surface area (TPSA) is 38.0 Å². The van der Waals surface area contributed by atoms with Crippen molar-refractivity contribution in [1.82, 2.24) is 0 Å². The van der Waals surface area contributed by atoms with Gasteiger partial charge in [0, 0.05) is 4.47 Å². The largest absolute Gasteiger partial charge is 0.395 e. The fraction of sp³-hybridized carbons (Fsp3) is 0. The second kappa shape index (κ2) is 4.94. The lowest BCUT2D eigenvalue weighted by atomic mass is 10.2.